The van der Waals surface area contributed by atoms with Crippen molar-refractivity contribution in [1.29, 1.82) is 0 Å². The highest BCUT2D eigenvalue weighted by molar-refractivity contribution is 5.80. The van der Waals surface area contributed by atoms with Gasteiger partial charge in [0.05, 0.1) is 12.3 Å². The van der Waals surface area contributed by atoms with E-state index < -0.39 is 24.0 Å². The number of nitrogens with zero attached hydrogens (tertiary/aromatic N) is 1. The summed E-state index contributed by atoms with van der Waals surface area (Å²) in [5, 5.41) is 8.39. The Balaban J connectivity index is 2.49. The second-order valence-corrected chi connectivity index (χ2v) is 4.11. The molecule has 1 amide bonds. The minimum absolute atomic E-state index is 0.0339. The van der Waals surface area contributed by atoms with Crippen molar-refractivity contribution < 1.29 is 27.9 Å². The number of amides is 1. The number of likely N-dealkylation sites (tertiary alicyclic amines) is 1. The Labute approximate surface area is 96.4 Å². The molecule has 17 heavy (non-hydrogen) atoms. The summed E-state index contributed by atoms with van der Waals surface area (Å²) in [5.74, 6) is -3.12. The van der Waals surface area contributed by atoms with Crippen molar-refractivity contribution in [3.05, 3.63) is 0 Å². The van der Waals surface area contributed by atoms with E-state index in [0.29, 0.717) is 6.42 Å². The highest BCUT2D eigenvalue weighted by atomic mass is 19.4. The fourth-order valence-corrected chi connectivity index (χ4v) is 1.84. The molecule has 0 aromatic carbocycles. The summed E-state index contributed by atoms with van der Waals surface area (Å²) in [5.41, 5.74) is 0. The molecule has 0 aromatic rings. The average molecular weight is 253 g/mol. The maximum Gasteiger partial charge on any atom is 0.393 e. The lowest BCUT2D eigenvalue weighted by Crippen LogP contribution is -2.44. The van der Waals surface area contributed by atoms with E-state index in [0.717, 1.165) is 4.90 Å². The molecule has 0 aliphatic carbocycles. The summed E-state index contributed by atoms with van der Waals surface area (Å²) < 4.78 is 37.4. The van der Waals surface area contributed by atoms with Gasteiger partial charge in [-0.25, -0.2) is 0 Å². The third-order valence-electron chi connectivity index (χ3n) is 2.79. The molecule has 98 valence electrons. The van der Waals surface area contributed by atoms with E-state index in [1.807, 2.05) is 0 Å². The van der Waals surface area contributed by atoms with Crippen LogP contribution in [0.5, 0.6) is 0 Å². The number of aliphatic carboxylic acids is 1. The Kier molecular flexibility index (Phi) is 4.36. The summed E-state index contributed by atoms with van der Waals surface area (Å²) in [6, 6.07) is 0. The summed E-state index contributed by atoms with van der Waals surface area (Å²) in [6.45, 7) is -0.0625. The molecular formula is C10H14F3NO3. The lowest BCUT2D eigenvalue weighted by Gasteiger charge is -2.33. The van der Waals surface area contributed by atoms with Gasteiger partial charge in [-0.05, 0) is 12.8 Å². The molecule has 0 aromatic heterocycles. The van der Waals surface area contributed by atoms with Gasteiger partial charge in [-0.3, -0.25) is 9.59 Å². The Bertz CT molecular complexity index is 304. The minimum atomic E-state index is -4.29. The zero-order valence-corrected chi connectivity index (χ0v) is 9.16. The molecule has 1 atom stereocenters. The molecule has 4 nitrogen and oxygen atoms in total. The Morgan fingerprint density at radius 2 is 1.94 bits per heavy atom. The third-order valence-corrected chi connectivity index (χ3v) is 2.79. The molecule has 0 spiro atoms. The van der Waals surface area contributed by atoms with Gasteiger partial charge in [0.2, 0.25) is 5.91 Å². The van der Waals surface area contributed by atoms with Crippen molar-refractivity contribution in [2.45, 2.75) is 31.9 Å². The zero-order chi connectivity index (χ0) is 13.1. The lowest BCUT2D eigenvalue weighted by atomic mass is 9.97. The van der Waals surface area contributed by atoms with Gasteiger partial charge in [0.25, 0.3) is 0 Å². The Morgan fingerprint density at radius 1 is 1.29 bits per heavy atom. The molecule has 0 saturated carbocycles. The number of hydrogen-bond acceptors (Lipinski definition) is 2. The quantitative estimate of drug-likeness (QED) is 0.832. The number of hydrogen-bond donors (Lipinski definition) is 1. The van der Waals surface area contributed by atoms with Crippen LogP contribution >= 0.6 is 0 Å². The topological polar surface area (TPSA) is 57.6 Å². The van der Waals surface area contributed by atoms with Gasteiger partial charge in [-0.2, -0.15) is 13.2 Å². The van der Waals surface area contributed by atoms with Gasteiger partial charge in [0.1, 0.15) is 0 Å². The van der Waals surface area contributed by atoms with Crippen LogP contribution in [0.2, 0.25) is 0 Å². The second-order valence-electron chi connectivity index (χ2n) is 4.11. The van der Waals surface area contributed by atoms with Crippen LogP contribution in [0.1, 0.15) is 25.7 Å². The Hall–Kier alpha value is -1.27. The van der Waals surface area contributed by atoms with Crippen LogP contribution in [0.3, 0.4) is 0 Å². The number of carboxylic acids is 1. The van der Waals surface area contributed by atoms with Gasteiger partial charge >= 0.3 is 12.1 Å². The standard InChI is InChI=1S/C10H14F3NO3/c11-10(12,13)7-2-1-5-14(6-7)8(15)3-4-9(16)17/h7H,1-6H2,(H,16,17). The van der Waals surface area contributed by atoms with Crippen molar-refractivity contribution in [2.24, 2.45) is 5.92 Å². The fraction of sp³-hybridized carbons (Fsp3) is 0.800. The first kappa shape index (κ1) is 13.8. The fourth-order valence-electron chi connectivity index (χ4n) is 1.84. The predicted octanol–water partition coefficient (Wildman–Crippen LogP) is 1.65. The van der Waals surface area contributed by atoms with Crippen LogP contribution in [0, 0.1) is 5.92 Å². The first-order valence-corrected chi connectivity index (χ1v) is 5.37. The van der Waals surface area contributed by atoms with Crippen LogP contribution in [0.15, 0.2) is 0 Å². The maximum absolute atomic E-state index is 12.5. The summed E-state index contributed by atoms with van der Waals surface area (Å²) in [7, 11) is 0. The van der Waals surface area contributed by atoms with E-state index >= 15 is 0 Å². The number of carbonyl (C=O) groups is 2. The molecule has 1 aliphatic heterocycles. The number of carboxylic acid groups (broad SMARTS) is 1. The van der Waals surface area contributed by atoms with Gasteiger partial charge < -0.3 is 10.0 Å². The molecule has 1 saturated heterocycles. The van der Waals surface area contributed by atoms with E-state index in [1.165, 1.54) is 0 Å². The smallest absolute Gasteiger partial charge is 0.393 e. The van der Waals surface area contributed by atoms with E-state index in [2.05, 4.69) is 0 Å². The van der Waals surface area contributed by atoms with E-state index in [1.54, 1.807) is 0 Å². The van der Waals surface area contributed by atoms with Crippen molar-refractivity contribution in [3.63, 3.8) is 0 Å². The molecule has 1 N–H and O–H groups in total. The first-order valence-electron chi connectivity index (χ1n) is 5.37. The van der Waals surface area contributed by atoms with Crippen LogP contribution in [0.4, 0.5) is 13.2 Å². The van der Waals surface area contributed by atoms with Gasteiger partial charge in [0, 0.05) is 19.5 Å². The van der Waals surface area contributed by atoms with Crippen LogP contribution in [-0.4, -0.2) is 41.1 Å². The average Bonchev–Trinajstić information content (AvgIpc) is 2.25. The van der Waals surface area contributed by atoms with Crippen LogP contribution < -0.4 is 0 Å². The minimum Gasteiger partial charge on any atom is -0.481 e. The Morgan fingerprint density at radius 3 is 2.47 bits per heavy atom. The van der Waals surface area contributed by atoms with E-state index in [-0.39, 0.29) is 32.4 Å². The molecule has 1 rings (SSSR count). The third kappa shape index (κ3) is 4.24. The second kappa shape index (κ2) is 5.37. The van der Waals surface area contributed by atoms with Crippen molar-refractivity contribution in [3.8, 4) is 0 Å². The highest BCUT2D eigenvalue weighted by Gasteiger charge is 2.42. The van der Waals surface area contributed by atoms with E-state index in [9.17, 15) is 22.8 Å². The summed E-state index contributed by atoms with van der Waals surface area (Å²) >= 11 is 0. The SMILES string of the molecule is O=C(O)CCC(=O)N1CCCC(C(F)(F)F)C1. The van der Waals surface area contributed by atoms with Crippen molar-refractivity contribution in [1.82, 2.24) is 4.90 Å². The summed E-state index contributed by atoms with van der Waals surface area (Å²) in [4.78, 5) is 22.8. The van der Waals surface area contributed by atoms with Gasteiger partial charge in [0.15, 0.2) is 0 Å². The molecule has 7 heteroatoms. The number of rotatable bonds is 3. The molecule has 1 unspecified atom stereocenters. The highest BCUT2D eigenvalue weighted by Crippen LogP contribution is 2.33. The van der Waals surface area contributed by atoms with Crippen LogP contribution in [-0.2, 0) is 9.59 Å². The number of piperidine rings is 1. The zero-order valence-electron chi connectivity index (χ0n) is 9.16. The predicted molar refractivity (Wildman–Crippen MR) is 52.2 cm³/mol. The van der Waals surface area contributed by atoms with Crippen LogP contribution in [0.25, 0.3) is 0 Å². The normalized spacial score (nSPS) is 21.4. The largest absolute Gasteiger partial charge is 0.481 e. The molecule has 1 aliphatic rings. The molecular weight excluding hydrogens is 239 g/mol. The number of carbonyl (C=O) groups excluding carboxylic acids is 1. The lowest BCUT2D eigenvalue weighted by molar-refractivity contribution is -0.188. The summed E-state index contributed by atoms with van der Waals surface area (Å²) in [6.07, 6.45) is -4.52. The van der Waals surface area contributed by atoms with Crippen molar-refractivity contribution in [2.75, 3.05) is 13.1 Å². The van der Waals surface area contributed by atoms with Gasteiger partial charge in [-0.1, -0.05) is 0 Å². The molecule has 1 heterocycles. The van der Waals surface area contributed by atoms with E-state index in [4.69, 9.17) is 5.11 Å². The molecule has 1 fully saturated rings. The number of alkyl halides is 3. The maximum atomic E-state index is 12.5. The molecule has 0 bridgehead atoms. The van der Waals surface area contributed by atoms with Gasteiger partial charge in [-0.15, -0.1) is 0 Å². The molecule has 0 radical (unpaired) electrons. The monoisotopic (exact) mass is 253 g/mol. The van der Waals surface area contributed by atoms with Crippen molar-refractivity contribution >= 4 is 11.9 Å². The number of halogens is 3. The first-order chi connectivity index (χ1) is 7.80.